The number of pyridine rings is 1. The molecule has 25 heavy (non-hydrogen) atoms. The van der Waals surface area contributed by atoms with Crippen LogP contribution >= 0.6 is 0 Å². The van der Waals surface area contributed by atoms with Crippen LogP contribution in [0.25, 0.3) is 16.7 Å². The highest BCUT2D eigenvalue weighted by Gasteiger charge is 2.34. The zero-order chi connectivity index (χ0) is 17.4. The number of ketones is 1. The maximum absolute atomic E-state index is 11.8. The fourth-order valence-electron chi connectivity index (χ4n) is 3.45. The van der Waals surface area contributed by atoms with E-state index >= 15 is 0 Å². The highest BCUT2D eigenvalue weighted by atomic mass is 16.5. The third kappa shape index (κ3) is 3.00. The Kier molecular flexibility index (Phi) is 3.97. The standard InChI is InChI=1S/C19H20N4O2/c1-13(24)17-9-14(11-22(17)2)25-18-10-19(23-8-7-20-12-23)21-16-6-4-3-5-15(16)18/h3-8,10,12,14,17H,9,11H2,1-2H3. The van der Waals surface area contributed by atoms with Gasteiger partial charge in [0.15, 0.2) is 0 Å². The predicted molar refractivity (Wildman–Crippen MR) is 95.0 cm³/mol. The summed E-state index contributed by atoms with van der Waals surface area (Å²) < 4.78 is 8.17. The molecule has 4 rings (SSSR count). The van der Waals surface area contributed by atoms with Gasteiger partial charge in [0.1, 0.15) is 29.8 Å². The van der Waals surface area contributed by atoms with Crippen LogP contribution in [-0.2, 0) is 4.79 Å². The van der Waals surface area contributed by atoms with Crippen molar-refractivity contribution in [2.24, 2.45) is 0 Å². The van der Waals surface area contributed by atoms with Crippen LogP contribution in [0.3, 0.4) is 0 Å². The second-order valence-corrected chi connectivity index (χ2v) is 6.51. The number of likely N-dealkylation sites (N-methyl/N-ethyl adjacent to an activating group) is 1. The molecule has 2 atom stereocenters. The minimum atomic E-state index is -0.0637. The molecule has 1 saturated heterocycles. The van der Waals surface area contributed by atoms with Crippen LogP contribution in [0.2, 0.25) is 0 Å². The van der Waals surface area contributed by atoms with E-state index in [0.717, 1.165) is 29.0 Å². The number of Topliss-reactive ketones (excluding diaryl/α,β-unsaturated/α-hetero) is 1. The summed E-state index contributed by atoms with van der Waals surface area (Å²) in [5, 5.41) is 0.972. The molecule has 6 nitrogen and oxygen atoms in total. The molecule has 3 heterocycles. The molecule has 2 aromatic heterocycles. The van der Waals surface area contributed by atoms with Crippen molar-refractivity contribution in [1.29, 1.82) is 0 Å². The Morgan fingerprint density at radius 3 is 2.88 bits per heavy atom. The summed E-state index contributed by atoms with van der Waals surface area (Å²) in [6, 6.07) is 9.80. The Bertz CT molecular complexity index is 907. The van der Waals surface area contributed by atoms with Gasteiger partial charge >= 0.3 is 0 Å². The summed E-state index contributed by atoms with van der Waals surface area (Å²) in [6.07, 6.45) is 6.00. The number of carbonyl (C=O) groups excluding carboxylic acids is 1. The first-order valence-corrected chi connectivity index (χ1v) is 8.37. The average molecular weight is 336 g/mol. The molecule has 0 spiro atoms. The number of nitrogens with zero attached hydrogens (tertiary/aromatic N) is 4. The van der Waals surface area contributed by atoms with Gasteiger partial charge in [-0.25, -0.2) is 9.97 Å². The number of ether oxygens (including phenoxy) is 1. The van der Waals surface area contributed by atoms with Crippen LogP contribution in [0.5, 0.6) is 5.75 Å². The van der Waals surface area contributed by atoms with Gasteiger partial charge in [0.05, 0.1) is 11.6 Å². The Morgan fingerprint density at radius 1 is 1.32 bits per heavy atom. The van der Waals surface area contributed by atoms with E-state index < -0.39 is 0 Å². The van der Waals surface area contributed by atoms with Crippen LogP contribution in [0.1, 0.15) is 13.3 Å². The van der Waals surface area contributed by atoms with Gasteiger partial charge in [-0.05, 0) is 26.1 Å². The Morgan fingerprint density at radius 2 is 2.16 bits per heavy atom. The summed E-state index contributed by atoms with van der Waals surface area (Å²) in [5.74, 6) is 1.74. The van der Waals surface area contributed by atoms with Crippen LogP contribution in [0.15, 0.2) is 49.1 Å². The molecule has 1 fully saturated rings. The fourth-order valence-corrected chi connectivity index (χ4v) is 3.45. The SMILES string of the molecule is CC(=O)C1CC(Oc2cc(-n3ccnc3)nc3ccccc23)CN1C. The second-order valence-electron chi connectivity index (χ2n) is 6.51. The maximum atomic E-state index is 11.8. The first-order chi connectivity index (χ1) is 12.1. The van der Waals surface area contributed by atoms with E-state index in [9.17, 15) is 4.79 Å². The lowest BCUT2D eigenvalue weighted by molar-refractivity contribution is -0.120. The highest BCUT2D eigenvalue weighted by Crippen LogP contribution is 2.30. The lowest BCUT2D eigenvalue weighted by atomic mass is 10.1. The van der Waals surface area contributed by atoms with Crippen molar-refractivity contribution >= 4 is 16.7 Å². The number of likely N-dealkylation sites (tertiary alicyclic amines) is 1. The summed E-state index contributed by atoms with van der Waals surface area (Å²) in [7, 11) is 1.97. The Labute approximate surface area is 146 Å². The lowest BCUT2D eigenvalue weighted by Crippen LogP contribution is -2.31. The lowest BCUT2D eigenvalue weighted by Gasteiger charge is -2.16. The molecule has 0 saturated carbocycles. The summed E-state index contributed by atoms with van der Waals surface area (Å²) in [4.78, 5) is 22.6. The molecular formula is C19H20N4O2. The zero-order valence-corrected chi connectivity index (χ0v) is 14.3. The number of fused-ring (bicyclic) bond motifs is 1. The second kappa shape index (κ2) is 6.29. The van der Waals surface area contributed by atoms with Crippen molar-refractivity contribution in [3.05, 3.63) is 49.1 Å². The van der Waals surface area contributed by atoms with Crippen molar-refractivity contribution in [1.82, 2.24) is 19.4 Å². The Balaban J connectivity index is 1.70. The van der Waals surface area contributed by atoms with Gasteiger partial charge in [-0.1, -0.05) is 12.1 Å². The molecule has 0 amide bonds. The van der Waals surface area contributed by atoms with E-state index in [4.69, 9.17) is 4.74 Å². The molecular weight excluding hydrogens is 316 g/mol. The number of aromatic nitrogens is 3. The van der Waals surface area contributed by atoms with Gasteiger partial charge in [-0.3, -0.25) is 14.3 Å². The molecule has 3 aromatic rings. The number of carbonyl (C=O) groups is 1. The Hall–Kier alpha value is -2.73. The number of imidazole rings is 1. The first-order valence-electron chi connectivity index (χ1n) is 8.37. The van der Waals surface area contributed by atoms with Crippen molar-refractivity contribution in [3.8, 4) is 11.6 Å². The van der Waals surface area contributed by atoms with Crippen molar-refractivity contribution in [3.63, 3.8) is 0 Å². The van der Waals surface area contributed by atoms with Crippen molar-refractivity contribution in [2.75, 3.05) is 13.6 Å². The van der Waals surface area contributed by atoms with Crippen LogP contribution < -0.4 is 4.74 Å². The molecule has 0 radical (unpaired) electrons. The smallest absolute Gasteiger partial charge is 0.147 e. The van der Waals surface area contributed by atoms with E-state index in [1.165, 1.54) is 0 Å². The predicted octanol–water partition coefficient (Wildman–Crippen LogP) is 2.46. The van der Waals surface area contributed by atoms with Crippen LogP contribution in [0, 0.1) is 0 Å². The quantitative estimate of drug-likeness (QED) is 0.732. The fraction of sp³-hybridized carbons (Fsp3) is 0.316. The number of benzene rings is 1. The summed E-state index contributed by atoms with van der Waals surface area (Å²) in [6.45, 7) is 2.38. The van der Waals surface area contributed by atoms with Gasteiger partial charge < -0.3 is 4.74 Å². The number of hydrogen-bond donors (Lipinski definition) is 0. The van der Waals surface area contributed by atoms with Crippen molar-refractivity contribution < 1.29 is 9.53 Å². The number of hydrogen-bond acceptors (Lipinski definition) is 5. The molecule has 2 unspecified atom stereocenters. The van der Waals surface area contributed by atoms with E-state index in [-0.39, 0.29) is 17.9 Å². The van der Waals surface area contributed by atoms with Gasteiger partial charge in [-0.15, -0.1) is 0 Å². The van der Waals surface area contributed by atoms with Gasteiger partial charge in [0, 0.05) is 36.8 Å². The molecule has 0 N–H and O–H groups in total. The maximum Gasteiger partial charge on any atom is 0.147 e. The summed E-state index contributed by atoms with van der Waals surface area (Å²) in [5.41, 5.74) is 0.873. The highest BCUT2D eigenvalue weighted by molar-refractivity contribution is 5.86. The van der Waals surface area contributed by atoms with E-state index in [1.54, 1.807) is 19.4 Å². The first kappa shape index (κ1) is 15.8. The zero-order valence-electron chi connectivity index (χ0n) is 14.3. The molecule has 1 aliphatic heterocycles. The average Bonchev–Trinajstić information content (AvgIpc) is 3.24. The molecule has 0 bridgehead atoms. The monoisotopic (exact) mass is 336 g/mol. The topological polar surface area (TPSA) is 60.3 Å². The van der Waals surface area contributed by atoms with E-state index in [0.29, 0.717) is 6.42 Å². The third-order valence-corrected chi connectivity index (χ3v) is 4.71. The van der Waals surface area contributed by atoms with Crippen LogP contribution in [0.4, 0.5) is 0 Å². The van der Waals surface area contributed by atoms with E-state index in [2.05, 4.69) is 14.9 Å². The van der Waals surface area contributed by atoms with E-state index in [1.807, 2.05) is 48.1 Å². The molecule has 128 valence electrons. The molecule has 1 aliphatic rings. The van der Waals surface area contributed by atoms with Gasteiger partial charge in [0.25, 0.3) is 0 Å². The minimum Gasteiger partial charge on any atom is -0.488 e. The summed E-state index contributed by atoms with van der Waals surface area (Å²) >= 11 is 0. The number of rotatable bonds is 4. The molecule has 0 aliphatic carbocycles. The van der Waals surface area contributed by atoms with Gasteiger partial charge in [-0.2, -0.15) is 0 Å². The third-order valence-electron chi connectivity index (χ3n) is 4.71. The van der Waals surface area contributed by atoms with Crippen LogP contribution in [-0.4, -0.2) is 51.0 Å². The minimum absolute atomic E-state index is 0.0136. The largest absolute Gasteiger partial charge is 0.488 e. The normalized spacial score (nSPS) is 20.9. The number of para-hydroxylation sites is 1. The molecule has 6 heteroatoms. The molecule has 1 aromatic carbocycles. The van der Waals surface area contributed by atoms with Crippen molar-refractivity contribution in [2.45, 2.75) is 25.5 Å². The van der Waals surface area contributed by atoms with Gasteiger partial charge in [0.2, 0.25) is 0 Å².